The van der Waals surface area contributed by atoms with E-state index >= 15 is 0 Å². The molecule has 0 spiro atoms. The normalized spacial score (nSPS) is 18.1. The molecule has 1 heterocycles. The molecule has 6 nitrogen and oxygen atoms in total. The summed E-state index contributed by atoms with van der Waals surface area (Å²) in [7, 11) is 0. The zero-order chi connectivity index (χ0) is 24.6. The van der Waals surface area contributed by atoms with Gasteiger partial charge in [0.25, 0.3) is 0 Å². The van der Waals surface area contributed by atoms with Crippen LogP contribution in [0.2, 0.25) is 0 Å². The van der Waals surface area contributed by atoms with E-state index in [2.05, 4.69) is 48.5 Å². The number of rotatable bonds is 7. The Balaban J connectivity index is 1.28. The first kappa shape index (κ1) is 23.8. The number of hydrazine groups is 1. The van der Waals surface area contributed by atoms with Crippen molar-refractivity contribution in [2.24, 2.45) is 5.41 Å². The maximum atomic E-state index is 11.4. The van der Waals surface area contributed by atoms with Crippen molar-refractivity contribution >= 4 is 28.8 Å². The molecule has 1 aromatic heterocycles. The molecule has 184 valence electrons. The standard InChI is InChI=1S/C28H33N3O3S/c1-28(2)14-12-19(13-15-28)18-6-8-21(9-7-18)26-29-25(17-35-26)31(34)30-24-11-10-22(27(32)33)16-23(24)20-4-3-5-20/h6-11,16-17,19-20,30,34H,3-5,12-15H2,1-2H3,(H,32,33). The molecule has 2 fully saturated rings. The van der Waals surface area contributed by atoms with Gasteiger partial charge in [-0.25, -0.2) is 9.78 Å². The molecule has 0 unspecified atom stereocenters. The number of aromatic nitrogens is 1. The Labute approximate surface area is 210 Å². The van der Waals surface area contributed by atoms with Crippen molar-refractivity contribution < 1.29 is 15.1 Å². The smallest absolute Gasteiger partial charge is 0.335 e. The van der Waals surface area contributed by atoms with Crippen molar-refractivity contribution in [2.45, 2.75) is 70.6 Å². The van der Waals surface area contributed by atoms with Crippen molar-refractivity contribution in [3.63, 3.8) is 0 Å². The Morgan fingerprint density at radius 3 is 2.40 bits per heavy atom. The zero-order valence-corrected chi connectivity index (χ0v) is 21.1. The first-order chi connectivity index (χ1) is 16.8. The Bertz CT molecular complexity index is 1190. The quantitative estimate of drug-likeness (QED) is 0.294. The van der Waals surface area contributed by atoms with Crippen LogP contribution in [0.3, 0.4) is 0 Å². The van der Waals surface area contributed by atoms with E-state index in [-0.39, 0.29) is 5.56 Å². The maximum Gasteiger partial charge on any atom is 0.335 e. The number of carbonyl (C=O) groups is 1. The van der Waals surface area contributed by atoms with E-state index in [9.17, 15) is 15.1 Å². The summed E-state index contributed by atoms with van der Waals surface area (Å²) in [5.74, 6) is 0.411. The summed E-state index contributed by atoms with van der Waals surface area (Å²) in [6, 6.07) is 13.7. The topological polar surface area (TPSA) is 85.7 Å². The lowest BCUT2D eigenvalue weighted by atomic mass is 9.71. The van der Waals surface area contributed by atoms with Crippen LogP contribution in [0.4, 0.5) is 11.5 Å². The molecule has 7 heteroatoms. The number of anilines is 2. The van der Waals surface area contributed by atoms with Gasteiger partial charge < -0.3 is 5.11 Å². The van der Waals surface area contributed by atoms with E-state index in [1.54, 1.807) is 18.2 Å². The lowest BCUT2D eigenvalue weighted by Crippen LogP contribution is -2.27. The first-order valence-corrected chi connectivity index (χ1v) is 13.4. The second-order valence-corrected chi connectivity index (χ2v) is 11.6. The summed E-state index contributed by atoms with van der Waals surface area (Å²) in [6.07, 6.45) is 8.23. The van der Waals surface area contributed by atoms with E-state index in [4.69, 9.17) is 0 Å². The van der Waals surface area contributed by atoms with Gasteiger partial charge in [0.15, 0.2) is 5.82 Å². The van der Waals surface area contributed by atoms with Crippen LogP contribution < -0.4 is 10.6 Å². The highest BCUT2D eigenvalue weighted by Gasteiger charge is 2.28. The molecular formula is C28H33N3O3S. The number of carboxylic acids is 1. The van der Waals surface area contributed by atoms with Crippen LogP contribution in [0, 0.1) is 5.41 Å². The Kier molecular flexibility index (Phi) is 6.55. The highest BCUT2D eigenvalue weighted by atomic mass is 32.1. The molecule has 3 N–H and O–H groups in total. The van der Waals surface area contributed by atoms with Crippen molar-refractivity contribution in [2.75, 3.05) is 10.6 Å². The molecule has 3 aromatic rings. The number of thiazole rings is 1. The van der Waals surface area contributed by atoms with Crippen LogP contribution in [-0.2, 0) is 0 Å². The van der Waals surface area contributed by atoms with Crippen LogP contribution in [0.25, 0.3) is 10.6 Å². The molecular weight excluding hydrogens is 458 g/mol. The Hall–Kier alpha value is -2.90. The third-order valence-corrected chi connectivity index (χ3v) is 8.63. The van der Waals surface area contributed by atoms with Crippen molar-refractivity contribution in [3.05, 3.63) is 64.5 Å². The van der Waals surface area contributed by atoms with Gasteiger partial charge in [-0.3, -0.25) is 10.6 Å². The summed E-state index contributed by atoms with van der Waals surface area (Å²) < 4.78 is 0. The van der Waals surface area contributed by atoms with Gasteiger partial charge in [-0.15, -0.1) is 16.5 Å². The van der Waals surface area contributed by atoms with E-state index in [0.717, 1.165) is 40.6 Å². The van der Waals surface area contributed by atoms with Gasteiger partial charge in [0.2, 0.25) is 0 Å². The van der Waals surface area contributed by atoms with Gasteiger partial charge in [-0.2, -0.15) is 0 Å². The Morgan fingerprint density at radius 1 is 1.06 bits per heavy atom. The number of aromatic carboxylic acids is 1. The van der Waals surface area contributed by atoms with Crippen molar-refractivity contribution in [1.82, 2.24) is 4.98 Å². The van der Waals surface area contributed by atoms with Crippen LogP contribution in [0.1, 0.15) is 92.1 Å². The van der Waals surface area contributed by atoms with Gasteiger partial charge in [0.1, 0.15) is 5.01 Å². The van der Waals surface area contributed by atoms with Gasteiger partial charge in [-0.1, -0.05) is 44.5 Å². The van der Waals surface area contributed by atoms with Gasteiger partial charge in [-0.05, 0) is 85.1 Å². The van der Waals surface area contributed by atoms with Crippen LogP contribution >= 0.6 is 11.3 Å². The number of hydrogen-bond acceptors (Lipinski definition) is 6. The van der Waals surface area contributed by atoms with Gasteiger partial charge in [0.05, 0.1) is 11.3 Å². The minimum Gasteiger partial charge on any atom is -0.478 e. The number of nitrogens with zero attached hydrogens (tertiary/aromatic N) is 2. The highest BCUT2D eigenvalue weighted by molar-refractivity contribution is 7.13. The SMILES string of the molecule is CC1(C)CCC(c2ccc(-c3nc(N(O)Nc4ccc(C(=O)O)cc4C4CCC4)cs3)cc2)CC1. The van der Waals surface area contributed by atoms with Crippen LogP contribution in [0.5, 0.6) is 0 Å². The minimum absolute atomic E-state index is 0.262. The van der Waals surface area contributed by atoms with Gasteiger partial charge >= 0.3 is 5.97 Å². The fourth-order valence-electron chi connectivity index (χ4n) is 5.15. The third-order valence-electron chi connectivity index (χ3n) is 7.75. The van der Waals surface area contributed by atoms with E-state index < -0.39 is 5.97 Å². The van der Waals surface area contributed by atoms with E-state index in [1.807, 2.05) is 5.38 Å². The third kappa shape index (κ3) is 5.21. The number of carboxylic acid groups (broad SMARTS) is 1. The molecule has 0 aliphatic heterocycles. The molecule has 0 bridgehead atoms. The summed E-state index contributed by atoms with van der Waals surface area (Å²) in [4.78, 5) is 16.1. The van der Waals surface area contributed by atoms with Crippen LogP contribution in [0.15, 0.2) is 47.8 Å². The number of benzene rings is 2. The fraction of sp³-hybridized carbons (Fsp3) is 0.429. The maximum absolute atomic E-state index is 11.4. The number of hydrogen-bond donors (Lipinski definition) is 3. The molecule has 0 radical (unpaired) electrons. The second kappa shape index (κ2) is 9.63. The van der Waals surface area contributed by atoms with Crippen molar-refractivity contribution in [1.29, 1.82) is 0 Å². The Morgan fingerprint density at radius 2 is 1.77 bits per heavy atom. The molecule has 5 rings (SSSR count). The minimum atomic E-state index is -0.944. The molecule has 0 saturated heterocycles. The average molecular weight is 492 g/mol. The predicted octanol–water partition coefficient (Wildman–Crippen LogP) is 7.68. The zero-order valence-electron chi connectivity index (χ0n) is 20.3. The lowest BCUT2D eigenvalue weighted by molar-refractivity contribution is 0.0696. The monoisotopic (exact) mass is 491 g/mol. The molecule has 2 aliphatic rings. The van der Waals surface area contributed by atoms with Gasteiger partial charge in [0, 0.05) is 10.9 Å². The summed E-state index contributed by atoms with van der Waals surface area (Å²) in [5, 5.41) is 23.7. The molecule has 2 aromatic carbocycles. The number of nitrogens with one attached hydrogen (secondary N) is 1. The van der Waals surface area contributed by atoms with E-state index in [0.29, 0.717) is 28.8 Å². The predicted molar refractivity (Wildman–Crippen MR) is 140 cm³/mol. The van der Waals surface area contributed by atoms with E-state index in [1.165, 1.54) is 42.6 Å². The summed E-state index contributed by atoms with van der Waals surface area (Å²) in [6.45, 7) is 4.73. The lowest BCUT2D eigenvalue weighted by Gasteiger charge is -2.34. The largest absolute Gasteiger partial charge is 0.478 e. The summed E-state index contributed by atoms with van der Waals surface area (Å²) in [5.41, 5.74) is 7.80. The molecule has 35 heavy (non-hydrogen) atoms. The fourth-order valence-corrected chi connectivity index (χ4v) is 5.94. The molecule has 0 amide bonds. The molecule has 0 atom stereocenters. The molecule has 2 saturated carbocycles. The first-order valence-electron chi connectivity index (χ1n) is 12.5. The summed E-state index contributed by atoms with van der Waals surface area (Å²) >= 11 is 1.48. The highest BCUT2D eigenvalue weighted by Crippen LogP contribution is 2.43. The van der Waals surface area contributed by atoms with Crippen LogP contribution in [-0.4, -0.2) is 21.3 Å². The second-order valence-electron chi connectivity index (χ2n) is 10.7. The average Bonchev–Trinajstić information content (AvgIpc) is 3.30. The van der Waals surface area contributed by atoms with Crippen molar-refractivity contribution in [3.8, 4) is 10.6 Å². The molecule has 2 aliphatic carbocycles.